The van der Waals surface area contributed by atoms with Crippen molar-refractivity contribution >= 4 is 5.97 Å². The maximum atomic E-state index is 11.6. The molecular formula is C13H28I2N2O2. The molecule has 19 heavy (non-hydrogen) atoms. The normalized spacial score (nSPS) is 17.3. The van der Waals surface area contributed by atoms with Gasteiger partial charge in [-0.1, -0.05) is 0 Å². The van der Waals surface area contributed by atoms with Crippen LogP contribution in [-0.2, 0) is 9.53 Å². The Kier molecular flexibility index (Phi) is 11.3. The van der Waals surface area contributed by atoms with E-state index in [0.29, 0.717) is 13.0 Å². The zero-order valence-corrected chi connectivity index (χ0v) is 16.9. The number of rotatable bonds is 6. The van der Waals surface area contributed by atoms with E-state index in [1.165, 1.54) is 25.9 Å². The molecule has 0 amide bonds. The van der Waals surface area contributed by atoms with E-state index in [4.69, 9.17) is 4.74 Å². The summed E-state index contributed by atoms with van der Waals surface area (Å²) < 4.78 is 7.14. The van der Waals surface area contributed by atoms with E-state index in [0.717, 1.165) is 22.1 Å². The maximum absolute atomic E-state index is 11.6. The maximum Gasteiger partial charge on any atom is 0.311 e. The van der Waals surface area contributed by atoms with Crippen molar-refractivity contribution in [1.82, 2.24) is 0 Å². The van der Waals surface area contributed by atoms with Crippen molar-refractivity contribution < 1.29 is 66.5 Å². The molecule has 1 aliphatic rings. The van der Waals surface area contributed by atoms with Gasteiger partial charge >= 0.3 is 5.97 Å². The molecule has 0 bridgehead atoms. The molecule has 0 spiro atoms. The summed E-state index contributed by atoms with van der Waals surface area (Å²) in [5.41, 5.74) is 0. The standard InChI is InChI=1S/C13H28N2O2.2HI/c1-14(2,3)11-12-17-13(16)7-10-15(4)8-5-6-9-15;;/h5-12H2,1-4H3;2*1H/q+2;;/p-2. The molecule has 0 N–H and O–H groups in total. The highest BCUT2D eigenvalue weighted by atomic mass is 127. The van der Waals surface area contributed by atoms with Crippen LogP contribution in [0.5, 0.6) is 0 Å². The molecule has 0 aromatic carbocycles. The molecular weight excluding hydrogens is 470 g/mol. The molecule has 1 fully saturated rings. The third-order valence-corrected chi connectivity index (χ3v) is 3.53. The minimum atomic E-state index is -0.0373. The first-order chi connectivity index (χ1) is 7.81. The number of esters is 1. The number of quaternary nitrogens is 2. The molecule has 1 heterocycles. The number of likely N-dealkylation sites (tertiary alicyclic amines) is 1. The second-order valence-corrected chi connectivity index (χ2v) is 6.48. The first kappa shape index (κ1) is 22.1. The van der Waals surface area contributed by atoms with Crippen LogP contribution >= 0.6 is 0 Å². The van der Waals surface area contributed by atoms with Gasteiger partial charge in [-0.25, -0.2) is 0 Å². The SMILES string of the molecule is C[N+](C)(C)CCOC(=O)CC[N+]1(C)CCCC1.[I-].[I-]. The third kappa shape index (κ3) is 10.3. The lowest BCUT2D eigenvalue weighted by molar-refractivity contribution is -0.897. The Hall–Kier alpha value is 0.850. The van der Waals surface area contributed by atoms with E-state index in [9.17, 15) is 4.79 Å². The molecule has 1 rings (SSSR count). The summed E-state index contributed by atoms with van der Waals surface area (Å²) in [6.45, 7) is 4.77. The minimum absolute atomic E-state index is 0. The molecule has 0 saturated carbocycles. The largest absolute Gasteiger partial charge is 1.00 e. The predicted octanol–water partition coefficient (Wildman–Crippen LogP) is -5.13. The summed E-state index contributed by atoms with van der Waals surface area (Å²) >= 11 is 0. The lowest BCUT2D eigenvalue weighted by atomic mass is 10.3. The molecule has 0 aliphatic carbocycles. The molecule has 116 valence electrons. The monoisotopic (exact) mass is 498 g/mol. The number of carbonyl (C=O) groups excluding carboxylic acids is 1. The quantitative estimate of drug-likeness (QED) is 0.208. The summed E-state index contributed by atoms with van der Waals surface area (Å²) in [7, 11) is 8.55. The van der Waals surface area contributed by atoms with E-state index in [1.807, 2.05) is 0 Å². The van der Waals surface area contributed by atoms with Gasteiger partial charge in [-0.05, 0) is 0 Å². The van der Waals surface area contributed by atoms with Crippen molar-refractivity contribution in [3.63, 3.8) is 0 Å². The summed E-state index contributed by atoms with van der Waals surface area (Å²) in [4.78, 5) is 11.6. The summed E-state index contributed by atoms with van der Waals surface area (Å²) in [5, 5.41) is 0. The average molecular weight is 498 g/mol. The minimum Gasteiger partial charge on any atom is -1.00 e. The van der Waals surface area contributed by atoms with Gasteiger partial charge in [-0.3, -0.25) is 4.79 Å². The second-order valence-electron chi connectivity index (χ2n) is 6.48. The van der Waals surface area contributed by atoms with Crippen molar-refractivity contribution in [3.8, 4) is 0 Å². The van der Waals surface area contributed by atoms with Gasteiger partial charge in [0.25, 0.3) is 0 Å². The highest BCUT2D eigenvalue weighted by Gasteiger charge is 2.27. The Morgan fingerprint density at radius 1 is 1.16 bits per heavy atom. The fourth-order valence-electron chi connectivity index (χ4n) is 2.19. The zero-order valence-electron chi connectivity index (χ0n) is 12.6. The fourth-order valence-corrected chi connectivity index (χ4v) is 2.19. The van der Waals surface area contributed by atoms with E-state index < -0.39 is 0 Å². The Balaban J connectivity index is 0. The van der Waals surface area contributed by atoms with Crippen molar-refractivity contribution in [2.75, 3.05) is 61.0 Å². The number of hydrogen-bond donors (Lipinski definition) is 0. The number of likely N-dealkylation sites (N-methyl/N-ethyl adjacent to an activating group) is 1. The van der Waals surface area contributed by atoms with Gasteiger partial charge in [0.05, 0.1) is 54.2 Å². The van der Waals surface area contributed by atoms with Crippen LogP contribution in [0.3, 0.4) is 0 Å². The molecule has 4 nitrogen and oxygen atoms in total. The first-order valence-electron chi connectivity index (χ1n) is 6.60. The van der Waals surface area contributed by atoms with E-state index in [-0.39, 0.29) is 53.9 Å². The lowest BCUT2D eigenvalue weighted by Crippen LogP contribution is -3.00. The number of hydrogen-bond acceptors (Lipinski definition) is 2. The molecule has 6 heteroatoms. The summed E-state index contributed by atoms with van der Waals surface area (Å²) in [6, 6.07) is 0. The second kappa shape index (κ2) is 9.73. The van der Waals surface area contributed by atoms with Crippen LogP contribution < -0.4 is 48.0 Å². The number of carbonyl (C=O) groups is 1. The first-order valence-corrected chi connectivity index (χ1v) is 6.60. The van der Waals surface area contributed by atoms with Crippen LogP contribution in [0.2, 0.25) is 0 Å². The predicted molar refractivity (Wildman–Crippen MR) is 68.5 cm³/mol. The van der Waals surface area contributed by atoms with Crippen molar-refractivity contribution in [2.24, 2.45) is 0 Å². The molecule has 0 radical (unpaired) electrons. The van der Waals surface area contributed by atoms with Crippen LogP contribution in [0.1, 0.15) is 19.3 Å². The van der Waals surface area contributed by atoms with Gasteiger partial charge in [0, 0.05) is 12.8 Å². The fraction of sp³-hybridized carbons (Fsp3) is 0.923. The third-order valence-electron chi connectivity index (χ3n) is 3.53. The van der Waals surface area contributed by atoms with Gasteiger partial charge in [0.2, 0.25) is 0 Å². The van der Waals surface area contributed by atoms with Crippen LogP contribution in [-0.4, -0.2) is 75.9 Å². The Labute approximate surface area is 152 Å². The molecule has 0 aromatic rings. The van der Waals surface area contributed by atoms with Gasteiger partial charge in [0.1, 0.15) is 13.2 Å². The van der Waals surface area contributed by atoms with E-state index in [1.54, 1.807) is 0 Å². The lowest BCUT2D eigenvalue weighted by Gasteiger charge is -2.28. The molecule has 1 aliphatic heterocycles. The Morgan fingerprint density at radius 3 is 2.16 bits per heavy atom. The molecule has 0 atom stereocenters. The summed E-state index contributed by atoms with van der Waals surface area (Å²) in [6.07, 6.45) is 3.16. The Bertz CT molecular complexity index is 262. The van der Waals surface area contributed by atoms with Crippen LogP contribution in [0.4, 0.5) is 0 Å². The van der Waals surface area contributed by atoms with Crippen molar-refractivity contribution in [3.05, 3.63) is 0 Å². The van der Waals surface area contributed by atoms with Crippen LogP contribution in [0.25, 0.3) is 0 Å². The number of ether oxygens (including phenoxy) is 1. The van der Waals surface area contributed by atoms with Crippen LogP contribution in [0.15, 0.2) is 0 Å². The van der Waals surface area contributed by atoms with Crippen molar-refractivity contribution in [2.45, 2.75) is 19.3 Å². The smallest absolute Gasteiger partial charge is 0.311 e. The van der Waals surface area contributed by atoms with Gasteiger partial charge in [-0.2, -0.15) is 0 Å². The van der Waals surface area contributed by atoms with E-state index >= 15 is 0 Å². The number of halogens is 2. The van der Waals surface area contributed by atoms with Gasteiger partial charge in [-0.15, -0.1) is 0 Å². The van der Waals surface area contributed by atoms with Gasteiger partial charge in [0.15, 0.2) is 0 Å². The molecule has 0 aromatic heterocycles. The Morgan fingerprint density at radius 2 is 1.68 bits per heavy atom. The molecule has 1 saturated heterocycles. The van der Waals surface area contributed by atoms with E-state index in [2.05, 4.69) is 28.2 Å². The highest BCUT2D eigenvalue weighted by molar-refractivity contribution is 5.69. The average Bonchev–Trinajstić information content (AvgIpc) is 2.61. The van der Waals surface area contributed by atoms with Crippen LogP contribution in [0, 0.1) is 0 Å². The molecule has 0 unspecified atom stereocenters. The zero-order chi connectivity index (χ0) is 12.9. The van der Waals surface area contributed by atoms with Crippen molar-refractivity contribution in [1.29, 1.82) is 0 Å². The van der Waals surface area contributed by atoms with Gasteiger partial charge < -0.3 is 61.7 Å². The highest BCUT2D eigenvalue weighted by Crippen LogP contribution is 2.16. The number of nitrogens with zero attached hydrogens (tertiary/aromatic N) is 2. The summed E-state index contributed by atoms with van der Waals surface area (Å²) in [5.74, 6) is -0.0373. The topological polar surface area (TPSA) is 26.3 Å².